The van der Waals surface area contributed by atoms with Crippen molar-refractivity contribution in [1.82, 2.24) is 9.78 Å². The molecular weight excluding hydrogens is 272 g/mol. The molecule has 2 rings (SSSR count). The SMILES string of the molecule is Cc1ccccc1CCC(=O)Cc1c(C)nn(C)c1Cl. The minimum atomic E-state index is 0.200. The fourth-order valence-corrected chi connectivity index (χ4v) is 2.57. The zero-order valence-corrected chi connectivity index (χ0v) is 12.9. The Labute approximate surface area is 124 Å². The summed E-state index contributed by atoms with van der Waals surface area (Å²) in [6, 6.07) is 8.17. The molecule has 2 aromatic rings. The summed E-state index contributed by atoms with van der Waals surface area (Å²) < 4.78 is 1.61. The van der Waals surface area contributed by atoms with Crippen LogP contribution in [0.1, 0.15) is 28.8 Å². The molecule has 106 valence electrons. The lowest BCUT2D eigenvalue weighted by Gasteiger charge is -2.05. The molecule has 1 aromatic carbocycles. The molecule has 0 aliphatic rings. The number of nitrogens with zero attached hydrogens (tertiary/aromatic N) is 2. The minimum Gasteiger partial charge on any atom is -0.299 e. The Bertz CT molecular complexity index is 631. The van der Waals surface area contributed by atoms with Crippen LogP contribution < -0.4 is 0 Å². The maximum atomic E-state index is 12.1. The molecule has 20 heavy (non-hydrogen) atoms. The Kier molecular flexibility index (Phi) is 4.61. The standard InChI is InChI=1S/C16H19ClN2O/c1-11-6-4-5-7-13(11)8-9-14(20)10-15-12(2)18-19(3)16(15)17/h4-7H,8-10H2,1-3H3. The second-order valence-corrected chi connectivity index (χ2v) is 5.48. The molecule has 0 spiro atoms. The van der Waals surface area contributed by atoms with Crippen molar-refractivity contribution >= 4 is 17.4 Å². The van der Waals surface area contributed by atoms with Gasteiger partial charge in [-0.05, 0) is 31.4 Å². The van der Waals surface area contributed by atoms with Gasteiger partial charge in [-0.2, -0.15) is 5.10 Å². The highest BCUT2D eigenvalue weighted by atomic mass is 35.5. The Morgan fingerprint density at radius 3 is 2.60 bits per heavy atom. The topological polar surface area (TPSA) is 34.9 Å². The van der Waals surface area contributed by atoms with E-state index < -0.39 is 0 Å². The predicted molar refractivity (Wildman–Crippen MR) is 81.2 cm³/mol. The van der Waals surface area contributed by atoms with Crippen LogP contribution in [0.2, 0.25) is 5.15 Å². The van der Waals surface area contributed by atoms with Gasteiger partial charge in [-0.25, -0.2) is 0 Å². The van der Waals surface area contributed by atoms with Gasteiger partial charge in [0.25, 0.3) is 0 Å². The Morgan fingerprint density at radius 1 is 1.30 bits per heavy atom. The monoisotopic (exact) mass is 290 g/mol. The van der Waals surface area contributed by atoms with Crippen LogP contribution in [0.5, 0.6) is 0 Å². The van der Waals surface area contributed by atoms with Crippen molar-refractivity contribution in [2.24, 2.45) is 7.05 Å². The fraction of sp³-hybridized carbons (Fsp3) is 0.375. The number of Topliss-reactive ketones (excluding diaryl/α,β-unsaturated/α-hetero) is 1. The van der Waals surface area contributed by atoms with E-state index in [1.54, 1.807) is 11.7 Å². The van der Waals surface area contributed by atoms with Crippen molar-refractivity contribution in [2.45, 2.75) is 33.1 Å². The van der Waals surface area contributed by atoms with E-state index in [1.807, 2.05) is 19.1 Å². The van der Waals surface area contributed by atoms with Crippen molar-refractivity contribution < 1.29 is 4.79 Å². The maximum Gasteiger partial charge on any atom is 0.137 e. The molecular formula is C16H19ClN2O. The second-order valence-electron chi connectivity index (χ2n) is 5.12. The van der Waals surface area contributed by atoms with Crippen molar-refractivity contribution in [3.8, 4) is 0 Å². The maximum absolute atomic E-state index is 12.1. The van der Waals surface area contributed by atoms with E-state index in [2.05, 4.69) is 24.2 Å². The van der Waals surface area contributed by atoms with Crippen molar-refractivity contribution in [3.05, 3.63) is 51.8 Å². The average Bonchev–Trinajstić information content (AvgIpc) is 2.64. The molecule has 0 fully saturated rings. The van der Waals surface area contributed by atoms with E-state index in [-0.39, 0.29) is 5.78 Å². The first-order valence-electron chi connectivity index (χ1n) is 6.73. The van der Waals surface area contributed by atoms with Gasteiger partial charge in [0, 0.05) is 25.5 Å². The van der Waals surface area contributed by atoms with Gasteiger partial charge in [0.1, 0.15) is 10.9 Å². The third-order valence-electron chi connectivity index (χ3n) is 3.58. The largest absolute Gasteiger partial charge is 0.299 e. The quantitative estimate of drug-likeness (QED) is 0.845. The number of carbonyl (C=O) groups excluding carboxylic acids is 1. The van der Waals surface area contributed by atoms with Gasteiger partial charge >= 0.3 is 0 Å². The summed E-state index contributed by atoms with van der Waals surface area (Å²) in [5.41, 5.74) is 4.15. The smallest absolute Gasteiger partial charge is 0.137 e. The number of ketones is 1. The van der Waals surface area contributed by atoms with Crippen LogP contribution in [0.15, 0.2) is 24.3 Å². The third-order valence-corrected chi connectivity index (χ3v) is 4.05. The summed E-state index contributed by atoms with van der Waals surface area (Å²) in [6.07, 6.45) is 1.68. The summed E-state index contributed by atoms with van der Waals surface area (Å²) >= 11 is 6.15. The van der Waals surface area contributed by atoms with Gasteiger partial charge in [0.15, 0.2) is 0 Å². The number of carbonyl (C=O) groups is 1. The number of benzene rings is 1. The van der Waals surface area contributed by atoms with Gasteiger partial charge in [-0.3, -0.25) is 9.48 Å². The van der Waals surface area contributed by atoms with E-state index in [4.69, 9.17) is 11.6 Å². The molecule has 4 heteroatoms. The van der Waals surface area contributed by atoms with Crippen LogP contribution in [0.3, 0.4) is 0 Å². The zero-order valence-electron chi connectivity index (χ0n) is 12.1. The molecule has 1 heterocycles. The second kappa shape index (κ2) is 6.23. The highest BCUT2D eigenvalue weighted by molar-refractivity contribution is 6.30. The molecule has 0 saturated carbocycles. The van der Waals surface area contributed by atoms with Crippen LogP contribution in [0.4, 0.5) is 0 Å². The Hall–Kier alpha value is -1.61. The zero-order chi connectivity index (χ0) is 14.7. The molecule has 0 radical (unpaired) electrons. The number of halogens is 1. The normalized spacial score (nSPS) is 10.8. The van der Waals surface area contributed by atoms with E-state index >= 15 is 0 Å². The van der Waals surface area contributed by atoms with E-state index in [0.29, 0.717) is 18.0 Å². The molecule has 0 aliphatic heterocycles. The van der Waals surface area contributed by atoms with Crippen molar-refractivity contribution in [2.75, 3.05) is 0 Å². The highest BCUT2D eigenvalue weighted by Crippen LogP contribution is 2.20. The van der Waals surface area contributed by atoms with Crippen LogP contribution in [0, 0.1) is 13.8 Å². The van der Waals surface area contributed by atoms with Crippen molar-refractivity contribution in [3.63, 3.8) is 0 Å². The fourth-order valence-electron chi connectivity index (χ4n) is 2.32. The van der Waals surface area contributed by atoms with Gasteiger partial charge in [-0.1, -0.05) is 35.9 Å². The van der Waals surface area contributed by atoms with Crippen LogP contribution in [-0.2, 0) is 24.7 Å². The Balaban J connectivity index is 1.98. The predicted octanol–water partition coefficient (Wildman–Crippen LogP) is 3.43. The third kappa shape index (κ3) is 3.28. The number of rotatable bonds is 5. The molecule has 0 unspecified atom stereocenters. The lowest BCUT2D eigenvalue weighted by molar-refractivity contribution is -0.118. The first-order valence-corrected chi connectivity index (χ1v) is 7.11. The average molecular weight is 291 g/mol. The van der Waals surface area contributed by atoms with E-state index in [9.17, 15) is 4.79 Å². The van der Waals surface area contributed by atoms with Crippen LogP contribution in [0.25, 0.3) is 0 Å². The summed E-state index contributed by atoms with van der Waals surface area (Å²) in [5, 5.41) is 4.79. The number of hydrogen-bond donors (Lipinski definition) is 0. The number of hydrogen-bond acceptors (Lipinski definition) is 2. The summed E-state index contributed by atoms with van der Waals surface area (Å²) in [5.74, 6) is 0.200. The van der Waals surface area contributed by atoms with Crippen molar-refractivity contribution in [1.29, 1.82) is 0 Å². The van der Waals surface area contributed by atoms with Gasteiger partial charge < -0.3 is 0 Å². The molecule has 0 amide bonds. The molecule has 0 atom stereocenters. The molecule has 0 aliphatic carbocycles. The van der Waals surface area contributed by atoms with Gasteiger partial charge in [0.2, 0.25) is 0 Å². The molecule has 1 aromatic heterocycles. The first kappa shape index (κ1) is 14.8. The van der Waals surface area contributed by atoms with Crippen LogP contribution in [-0.4, -0.2) is 15.6 Å². The summed E-state index contributed by atoms with van der Waals surface area (Å²) in [4.78, 5) is 12.1. The lowest BCUT2D eigenvalue weighted by atomic mass is 10.00. The molecule has 0 saturated heterocycles. The number of aryl methyl sites for hydroxylation is 4. The Morgan fingerprint density at radius 2 is 2.00 bits per heavy atom. The highest BCUT2D eigenvalue weighted by Gasteiger charge is 2.15. The van der Waals surface area contributed by atoms with Crippen LogP contribution >= 0.6 is 11.6 Å². The molecule has 0 N–H and O–H groups in total. The molecule has 0 bridgehead atoms. The van der Waals surface area contributed by atoms with E-state index in [0.717, 1.165) is 17.7 Å². The summed E-state index contributed by atoms with van der Waals surface area (Å²) in [7, 11) is 1.79. The first-order chi connectivity index (χ1) is 9.49. The molecule has 3 nitrogen and oxygen atoms in total. The van der Waals surface area contributed by atoms with Gasteiger partial charge in [-0.15, -0.1) is 0 Å². The number of aromatic nitrogens is 2. The summed E-state index contributed by atoms with van der Waals surface area (Å²) in [6.45, 7) is 3.96. The van der Waals surface area contributed by atoms with Gasteiger partial charge in [0.05, 0.1) is 5.69 Å². The van der Waals surface area contributed by atoms with E-state index in [1.165, 1.54) is 11.1 Å². The minimum absolute atomic E-state index is 0.200. The lowest BCUT2D eigenvalue weighted by Crippen LogP contribution is -2.06.